The summed E-state index contributed by atoms with van der Waals surface area (Å²) in [5.41, 5.74) is 0.917. The van der Waals surface area contributed by atoms with Gasteiger partial charge in [-0.2, -0.15) is 13.2 Å². The summed E-state index contributed by atoms with van der Waals surface area (Å²) in [7, 11) is 0. The van der Waals surface area contributed by atoms with Crippen molar-refractivity contribution < 1.29 is 27.9 Å². The van der Waals surface area contributed by atoms with Gasteiger partial charge in [0.2, 0.25) is 0 Å². The van der Waals surface area contributed by atoms with Crippen LogP contribution >= 0.6 is 0 Å². The molecule has 2 aliphatic carbocycles. The molecule has 6 rings (SSSR count). The highest BCUT2D eigenvalue weighted by molar-refractivity contribution is 5.97. The van der Waals surface area contributed by atoms with Crippen LogP contribution in [0.1, 0.15) is 85.7 Å². The lowest BCUT2D eigenvalue weighted by molar-refractivity contribution is -0.143. The average Bonchev–Trinajstić information content (AvgIpc) is 3.72. The number of nitrogens with one attached hydrogen (secondary N) is 1. The Morgan fingerprint density at radius 1 is 0.786 bits per heavy atom. The molecule has 2 saturated carbocycles. The van der Waals surface area contributed by atoms with E-state index in [1.54, 1.807) is 6.07 Å². The number of rotatable bonds is 3. The summed E-state index contributed by atoms with van der Waals surface area (Å²) in [5, 5.41) is 13.7. The van der Waals surface area contributed by atoms with Crippen LogP contribution in [-0.4, -0.2) is 65.0 Å². The molecule has 2 amide bonds. The van der Waals surface area contributed by atoms with Crippen LogP contribution in [0.25, 0.3) is 11.1 Å². The van der Waals surface area contributed by atoms with Gasteiger partial charge in [-0.3, -0.25) is 9.59 Å². The van der Waals surface area contributed by atoms with Gasteiger partial charge in [0.15, 0.2) is 0 Å². The number of hydrogen-bond donors (Lipinski definition) is 2. The van der Waals surface area contributed by atoms with Crippen molar-refractivity contribution in [3.8, 4) is 11.1 Å². The third-order valence-electron chi connectivity index (χ3n) is 9.85. The second-order valence-corrected chi connectivity index (χ2v) is 12.9. The molecule has 6 nitrogen and oxygen atoms in total. The highest BCUT2D eigenvalue weighted by Gasteiger charge is 2.50. The first-order valence-electron chi connectivity index (χ1n) is 15.5. The van der Waals surface area contributed by atoms with Gasteiger partial charge in [-0.25, -0.2) is 0 Å². The smallest absolute Gasteiger partial charge is 0.384 e. The molecule has 0 aromatic heterocycles. The molecule has 2 heterocycles. The molecule has 0 bridgehead atoms. The molecule has 2 aliphatic heterocycles. The molecule has 3 fully saturated rings. The predicted octanol–water partition coefficient (Wildman–Crippen LogP) is 6.27. The number of benzene rings is 2. The average molecular weight is 584 g/mol. The molecule has 226 valence electrons. The number of anilines is 1. The topological polar surface area (TPSA) is 72.9 Å². The number of alkyl halides is 3. The van der Waals surface area contributed by atoms with Crippen LogP contribution in [0, 0.1) is 5.41 Å². The maximum Gasteiger partial charge on any atom is 0.417 e. The standard InChI is InChI=1S/C33H40F3N3O3/c34-33(35,36)27-20-24(7-9-26(27)29(40)38-15-17-39(18-16-38)30(41)32(42)13-14-32)23-8-10-28-25(19-23)21-31(22-37-28)11-5-3-1-2-4-6-12-31/h7-10,19-20,37,42H,1-6,11-18,21-22H2. The minimum Gasteiger partial charge on any atom is -0.384 e. The largest absolute Gasteiger partial charge is 0.417 e. The zero-order valence-corrected chi connectivity index (χ0v) is 24.1. The predicted molar refractivity (Wildman–Crippen MR) is 155 cm³/mol. The van der Waals surface area contributed by atoms with Crippen molar-refractivity contribution in [2.75, 3.05) is 38.0 Å². The van der Waals surface area contributed by atoms with Gasteiger partial charge in [0.25, 0.3) is 11.8 Å². The Hall–Kier alpha value is -3.07. The van der Waals surface area contributed by atoms with E-state index in [9.17, 15) is 27.9 Å². The zero-order chi connectivity index (χ0) is 29.5. The summed E-state index contributed by atoms with van der Waals surface area (Å²) in [6, 6.07) is 9.85. The fourth-order valence-electron chi connectivity index (χ4n) is 7.08. The van der Waals surface area contributed by atoms with E-state index in [0.717, 1.165) is 30.3 Å². The number of aliphatic hydroxyl groups is 1. The summed E-state index contributed by atoms with van der Waals surface area (Å²) in [6.45, 7) is 1.57. The molecule has 2 aromatic carbocycles. The van der Waals surface area contributed by atoms with E-state index in [-0.39, 0.29) is 43.1 Å². The van der Waals surface area contributed by atoms with Crippen molar-refractivity contribution >= 4 is 17.5 Å². The van der Waals surface area contributed by atoms with E-state index < -0.39 is 23.2 Å². The maximum absolute atomic E-state index is 14.3. The molecule has 42 heavy (non-hydrogen) atoms. The van der Waals surface area contributed by atoms with E-state index in [4.69, 9.17) is 0 Å². The molecule has 1 saturated heterocycles. The summed E-state index contributed by atoms with van der Waals surface area (Å²) >= 11 is 0. The lowest BCUT2D eigenvalue weighted by atomic mass is 9.71. The van der Waals surface area contributed by atoms with Gasteiger partial charge in [0.1, 0.15) is 5.60 Å². The van der Waals surface area contributed by atoms with Crippen molar-refractivity contribution in [3.05, 3.63) is 53.1 Å². The number of nitrogens with zero attached hydrogens (tertiary/aromatic N) is 2. The normalized spacial score (nSPS) is 21.9. The number of halogens is 3. The molecular formula is C33H40F3N3O3. The van der Waals surface area contributed by atoms with E-state index in [1.165, 1.54) is 67.2 Å². The summed E-state index contributed by atoms with van der Waals surface area (Å²) in [5.74, 6) is -1.05. The molecular weight excluding hydrogens is 543 g/mol. The molecule has 2 N–H and O–H groups in total. The van der Waals surface area contributed by atoms with Gasteiger partial charge in [-0.15, -0.1) is 0 Å². The first kappa shape index (κ1) is 29.0. The molecule has 0 unspecified atom stereocenters. The summed E-state index contributed by atoms with van der Waals surface area (Å²) < 4.78 is 43.0. The monoisotopic (exact) mass is 583 g/mol. The Balaban J connectivity index is 1.22. The van der Waals surface area contributed by atoms with Crippen LogP contribution < -0.4 is 5.32 Å². The van der Waals surface area contributed by atoms with Crippen molar-refractivity contribution in [2.45, 2.75) is 82.4 Å². The minimum absolute atomic E-state index is 0.124. The molecule has 0 atom stereocenters. The van der Waals surface area contributed by atoms with Crippen molar-refractivity contribution in [3.63, 3.8) is 0 Å². The quantitative estimate of drug-likeness (QED) is 0.447. The highest BCUT2D eigenvalue weighted by Crippen LogP contribution is 2.43. The van der Waals surface area contributed by atoms with E-state index >= 15 is 0 Å². The zero-order valence-electron chi connectivity index (χ0n) is 24.1. The molecule has 4 aliphatic rings. The van der Waals surface area contributed by atoms with E-state index in [2.05, 4.69) is 5.32 Å². The molecule has 1 spiro atoms. The van der Waals surface area contributed by atoms with Crippen LogP contribution in [-0.2, 0) is 17.4 Å². The number of carbonyl (C=O) groups is 2. The second-order valence-electron chi connectivity index (χ2n) is 12.9. The Kier molecular flexibility index (Phi) is 7.75. The number of hydrogen-bond acceptors (Lipinski definition) is 4. The second kappa shape index (κ2) is 11.2. The third kappa shape index (κ3) is 5.90. The van der Waals surface area contributed by atoms with Gasteiger partial charge in [0.05, 0.1) is 11.1 Å². The summed E-state index contributed by atoms with van der Waals surface area (Å²) in [4.78, 5) is 28.6. The SMILES string of the molecule is O=C(c1ccc(-c2ccc3c(c2)CC2(CCCCCCCC2)CN3)cc1C(F)(F)F)N1CCN(C(=O)C2(O)CC2)CC1. The van der Waals surface area contributed by atoms with Gasteiger partial charge in [-0.05, 0) is 78.5 Å². The van der Waals surface area contributed by atoms with Crippen molar-refractivity contribution in [2.24, 2.45) is 5.41 Å². The van der Waals surface area contributed by atoms with E-state index in [0.29, 0.717) is 24.0 Å². The van der Waals surface area contributed by atoms with Gasteiger partial charge >= 0.3 is 6.18 Å². The van der Waals surface area contributed by atoms with Gasteiger partial charge in [0, 0.05) is 38.4 Å². The van der Waals surface area contributed by atoms with Crippen LogP contribution in [0.15, 0.2) is 36.4 Å². The van der Waals surface area contributed by atoms with Crippen LogP contribution in [0.5, 0.6) is 0 Å². The lowest BCUT2D eigenvalue weighted by Gasteiger charge is -2.39. The van der Waals surface area contributed by atoms with Crippen molar-refractivity contribution in [1.82, 2.24) is 9.80 Å². The first-order valence-corrected chi connectivity index (χ1v) is 15.5. The summed E-state index contributed by atoms with van der Waals surface area (Å²) in [6.07, 6.45) is 6.96. The Morgan fingerprint density at radius 3 is 2.02 bits per heavy atom. The lowest BCUT2D eigenvalue weighted by Crippen LogP contribution is -2.53. The van der Waals surface area contributed by atoms with Crippen LogP contribution in [0.3, 0.4) is 0 Å². The number of piperazine rings is 1. The number of carbonyl (C=O) groups excluding carboxylic acids is 2. The molecule has 0 radical (unpaired) electrons. The minimum atomic E-state index is -4.70. The maximum atomic E-state index is 14.3. The number of amides is 2. The Labute approximate surface area is 245 Å². The van der Waals surface area contributed by atoms with Crippen LogP contribution in [0.4, 0.5) is 18.9 Å². The van der Waals surface area contributed by atoms with E-state index in [1.807, 2.05) is 18.2 Å². The van der Waals surface area contributed by atoms with Crippen LogP contribution in [0.2, 0.25) is 0 Å². The fourth-order valence-corrected chi connectivity index (χ4v) is 7.08. The van der Waals surface area contributed by atoms with Crippen molar-refractivity contribution in [1.29, 1.82) is 0 Å². The van der Waals surface area contributed by atoms with Gasteiger partial charge in [-0.1, -0.05) is 50.7 Å². The third-order valence-corrected chi connectivity index (χ3v) is 9.85. The fraction of sp³-hybridized carbons (Fsp3) is 0.576. The Bertz CT molecular complexity index is 1340. The molecule has 9 heteroatoms. The first-order chi connectivity index (χ1) is 20.1. The highest BCUT2D eigenvalue weighted by atomic mass is 19.4. The molecule has 2 aromatic rings. The van der Waals surface area contributed by atoms with Gasteiger partial charge < -0.3 is 20.2 Å². The number of fused-ring (bicyclic) bond motifs is 1. The Morgan fingerprint density at radius 2 is 1.38 bits per heavy atom.